The average molecular weight is 294 g/mol. The van der Waals surface area contributed by atoms with E-state index in [9.17, 15) is 9.59 Å². The summed E-state index contributed by atoms with van der Waals surface area (Å²) in [4.78, 5) is 29.6. The number of piperidine rings is 1. The summed E-state index contributed by atoms with van der Waals surface area (Å²) in [6, 6.07) is 0. The first-order valence-electron chi connectivity index (χ1n) is 8.64. The van der Waals surface area contributed by atoms with Crippen LogP contribution >= 0.6 is 0 Å². The number of carbonyl (C=O) groups excluding carboxylic acids is 2. The van der Waals surface area contributed by atoms with Crippen molar-refractivity contribution in [3.05, 3.63) is 0 Å². The third kappa shape index (κ3) is 3.41. The van der Waals surface area contributed by atoms with E-state index in [1.807, 2.05) is 9.80 Å². The van der Waals surface area contributed by atoms with Crippen molar-refractivity contribution in [3.63, 3.8) is 0 Å². The van der Waals surface area contributed by atoms with Gasteiger partial charge < -0.3 is 9.80 Å². The van der Waals surface area contributed by atoms with Gasteiger partial charge in [-0.05, 0) is 44.4 Å². The van der Waals surface area contributed by atoms with Crippen molar-refractivity contribution in [2.45, 2.75) is 59.3 Å². The molecular weight excluding hydrogens is 264 g/mol. The molecule has 2 rings (SSSR count). The molecule has 1 saturated heterocycles. The van der Waals surface area contributed by atoms with Gasteiger partial charge in [-0.3, -0.25) is 9.59 Å². The number of amides is 2. The van der Waals surface area contributed by atoms with Crippen molar-refractivity contribution in [1.29, 1.82) is 0 Å². The van der Waals surface area contributed by atoms with Crippen LogP contribution in [0.3, 0.4) is 0 Å². The van der Waals surface area contributed by atoms with Crippen LogP contribution in [0.4, 0.5) is 0 Å². The number of nitrogens with zero attached hydrogens (tertiary/aromatic N) is 2. The maximum atomic E-state index is 12.9. The van der Waals surface area contributed by atoms with Crippen molar-refractivity contribution in [3.8, 4) is 0 Å². The lowest BCUT2D eigenvalue weighted by Gasteiger charge is -2.35. The molecule has 0 radical (unpaired) electrons. The van der Waals surface area contributed by atoms with Gasteiger partial charge in [-0.2, -0.15) is 0 Å². The Morgan fingerprint density at radius 1 is 1.19 bits per heavy atom. The second kappa shape index (κ2) is 6.80. The van der Waals surface area contributed by atoms with Crippen molar-refractivity contribution < 1.29 is 9.59 Å². The van der Waals surface area contributed by atoms with Crippen LogP contribution in [0.1, 0.15) is 59.3 Å². The van der Waals surface area contributed by atoms with Crippen molar-refractivity contribution in [2.24, 2.45) is 11.3 Å². The predicted molar refractivity (Wildman–Crippen MR) is 83.8 cm³/mol. The zero-order chi connectivity index (χ0) is 15.5. The van der Waals surface area contributed by atoms with E-state index >= 15 is 0 Å². The third-order valence-electron chi connectivity index (χ3n) is 4.79. The van der Waals surface area contributed by atoms with E-state index in [2.05, 4.69) is 20.8 Å². The van der Waals surface area contributed by atoms with Crippen LogP contribution in [0.25, 0.3) is 0 Å². The minimum absolute atomic E-state index is 0.0921. The van der Waals surface area contributed by atoms with Gasteiger partial charge >= 0.3 is 0 Å². The Kier molecular flexibility index (Phi) is 5.28. The summed E-state index contributed by atoms with van der Waals surface area (Å²) in [5.74, 6) is 0.765. The predicted octanol–water partition coefficient (Wildman–Crippen LogP) is 2.67. The molecule has 0 spiro atoms. The Bertz CT molecular complexity index is 365. The summed E-state index contributed by atoms with van der Waals surface area (Å²) in [5.41, 5.74) is -0.693. The van der Waals surface area contributed by atoms with E-state index in [4.69, 9.17) is 0 Å². The maximum absolute atomic E-state index is 12.9. The summed E-state index contributed by atoms with van der Waals surface area (Å²) in [6.07, 6.45) is 5.68. The second-order valence-corrected chi connectivity index (χ2v) is 6.87. The molecule has 0 bridgehead atoms. The Morgan fingerprint density at radius 2 is 1.81 bits per heavy atom. The zero-order valence-corrected chi connectivity index (χ0v) is 13.9. The first-order valence-corrected chi connectivity index (χ1v) is 8.64. The van der Waals surface area contributed by atoms with Gasteiger partial charge in [0.2, 0.25) is 11.8 Å². The third-order valence-corrected chi connectivity index (χ3v) is 4.79. The van der Waals surface area contributed by atoms with Crippen LogP contribution in [0.2, 0.25) is 0 Å². The minimum atomic E-state index is -0.693. The lowest BCUT2D eigenvalue weighted by atomic mass is 9.96. The number of likely N-dealkylation sites (tertiary alicyclic amines) is 1. The smallest absolute Gasteiger partial charge is 0.238 e. The number of carbonyl (C=O) groups is 2. The molecule has 4 nitrogen and oxygen atoms in total. The van der Waals surface area contributed by atoms with Crippen LogP contribution in [0.15, 0.2) is 0 Å². The van der Waals surface area contributed by atoms with Crippen molar-refractivity contribution in [1.82, 2.24) is 9.80 Å². The summed E-state index contributed by atoms with van der Waals surface area (Å²) in [5, 5.41) is 0. The summed E-state index contributed by atoms with van der Waals surface area (Å²) in [6.45, 7) is 9.58. The van der Waals surface area contributed by atoms with Gasteiger partial charge in [0.1, 0.15) is 5.41 Å². The maximum Gasteiger partial charge on any atom is 0.238 e. The number of rotatable bonds is 6. The van der Waals surface area contributed by atoms with E-state index in [0.29, 0.717) is 5.92 Å². The Morgan fingerprint density at radius 3 is 2.29 bits per heavy atom. The van der Waals surface area contributed by atoms with Crippen molar-refractivity contribution >= 4 is 11.8 Å². The molecule has 1 atom stereocenters. The molecule has 1 aliphatic heterocycles. The van der Waals surface area contributed by atoms with Crippen LogP contribution in [0.5, 0.6) is 0 Å². The van der Waals surface area contributed by atoms with Gasteiger partial charge in [0.25, 0.3) is 0 Å². The Balaban J connectivity index is 2.06. The fraction of sp³-hybridized carbons (Fsp3) is 0.882. The standard InChI is InChI=1S/C17H30N2O2/c1-4-10-18(11-5-2)15(20)17(8-9-17)16(21)19-12-6-7-14(3)13-19/h14H,4-13H2,1-3H3. The zero-order valence-electron chi connectivity index (χ0n) is 13.9. The SMILES string of the molecule is CCCN(CCC)C(=O)C1(C(=O)N2CCCC(C)C2)CC1. The molecule has 0 aromatic rings. The monoisotopic (exact) mass is 294 g/mol. The summed E-state index contributed by atoms with van der Waals surface area (Å²) < 4.78 is 0. The molecule has 2 amide bonds. The number of hydrogen-bond acceptors (Lipinski definition) is 2. The Labute approximate surface area is 128 Å². The fourth-order valence-corrected chi connectivity index (χ4v) is 3.48. The van der Waals surface area contributed by atoms with Gasteiger partial charge in [-0.1, -0.05) is 20.8 Å². The van der Waals surface area contributed by atoms with Crippen LogP contribution in [0, 0.1) is 11.3 Å². The highest BCUT2D eigenvalue weighted by molar-refractivity contribution is 6.07. The molecule has 1 unspecified atom stereocenters. The highest BCUT2D eigenvalue weighted by Crippen LogP contribution is 2.49. The first kappa shape index (κ1) is 16.3. The summed E-state index contributed by atoms with van der Waals surface area (Å²) >= 11 is 0. The Hall–Kier alpha value is -1.06. The molecule has 1 heterocycles. The lowest BCUT2D eigenvalue weighted by molar-refractivity contribution is -0.150. The van der Waals surface area contributed by atoms with Crippen LogP contribution in [-0.4, -0.2) is 47.8 Å². The number of hydrogen-bond donors (Lipinski definition) is 0. The molecule has 1 aliphatic carbocycles. The first-order chi connectivity index (χ1) is 10.0. The van der Waals surface area contributed by atoms with Gasteiger partial charge in [0.05, 0.1) is 0 Å². The lowest BCUT2D eigenvalue weighted by Crippen LogP contribution is -2.49. The van der Waals surface area contributed by atoms with Gasteiger partial charge in [-0.25, -0.2) is 0 Å². The molecule has 21 heavy (non-hydrogen) atoms. The molecule has 0 aromatic heterocycles. The van der Waals surface area contributed by atoms with Gasteiger partial charge in [-0.15, -0.1) is 0 Å². The van der Waals surface area contributed by atoms with E-state index in [0.717, 1.165) is 58.3 Å². The normalized spacial score (nSPS) is 23.8. The molecule has 4 heteroatoms. The van der Waals surface area contributed by atoms with E-state index in [1.165, 1.54) is 6.42 Å². The largest absolute Gasteiger partial charge is 0.342 e. The van der Waals surface area contributed by atoms with E-state index in [1.54, 1.807) is 0 Å². The van der Waals surface area contributed by atoms with E-state index in [-0.39, 0.29) is 11.8 Å². The topological polar surface area (TPSA) is 40.6 Å². The van der Waals surface area contributed by atoms with Crippen LogP contribution in [-0.2, 0) is 9.59 Å². The highest BCUT2D eigenvalue weighted by atomic mass is 16.2. The highest BCUT2D eigenvalue weighted by Gasteiger charge is 2.59. The average Bonchev–Trinajstić information content (AvgIpc) is 3.27. The fourth-order valence-electron chi connectivity index (χ4n) is 3.48. The van der Waals surface area contributed by atoms with Crippen LogP contribution < -0.4 is 0 Å². The van der Waals surface area contributed by atoms with Crippen molar-refractivity contribution in [2.75, 3.05) is 26.2 Å². The molecule has 0 aromatic carbocycles. The minimum Gasteiger partial charge on any atom is -0.342 e. The molecule has 120 valence electrons. The molecule has 2 fully saturated rings. The molecule has 0 N–H and O–H groups in total. The summed E-state index contributed by atoms with van der Waals surface area (Å²) in [7, 11) is 0. The molecular formula is C17H30N2O2. The van der Waals surface area contributed by atoms with Gasteiger partial charge in [0, 0.05) is 26.2 Å². The quantitative estimate of drug-likeness (QED) is 0.707. The molecule has 1 saturated carbocycles. The van der Waals surface area contributed by atoms with E-state index < -0.39 is 5.41 Å². The van der Waals surface area contributed by atoms with Gasteiger partial charge in [0.15, 0.2) is 0 Å². The molecule has 2 aliphatic rings. The second-order valence-electron chi connectivity index (χ2n) is 6.87.